The summed E-state index contributed by atoms with van der Waals surface area (Å²) in [6, 6.07) is 14.3. The molecule has 0 saturated carbocycles. The number of hydrogen-bond acceptors (Lipinski definition) is 7. The molecule has 0 unspecified atom stereocenters. The Morgan fingerprint density at radius 1 is 1.03 bits per heavy atom. The molecule has 0 aliphatic carbocycles. The van der Waals surface area contributed by atoms with E-state index in [-0.39, 0.29) is 0 Å². The Bertz CT molecular complexity index is 1010. The molecular formula is C22H23N5O4. The van der Waals surface area contributed by atoms with Crippen LogP contribution in [-0.2, 0) is 14.3 Å². The number of carbonyl (C=O) groups is 2. The van der Waals surface area contributed by atoms with Crippen molar-refractivity contribution in [2.45, 2.75) is 13.0 Å². The standard InChI is InChI=1S/C22H23N5O4/c1-16(31-22(29)17-2-6-20(7-3-17)27-15-23-14-24-27)21(28)25-18-4-8-19(9-5-18)26-10-12-30-13-11-26/h2-9,14-16H,10-13H2,1H3,(H,25,28)/t16-/m0/s1. The highest BCUT2D eigenvalue weighted by molar-refractivity contribution is 5.97. The third kappa shape index (κ3) is 5.07. The maximum absolute atomic E-state index is 12.4. The van der Waals surface area contributed by atoms with E-state index in [0.29, 0.717) is 24.5 Å². The molecule has 0 radical (unpaired) electrons. The second-order valence-corrected chi connectivity index (χ2v) is 7.07. The van der Waals surface area contributed by atoms with Gasteiger partial charge in [-0.1, -0.05) is 0 Å². The summed E-state index contributed by atoms with van der Waals surface area (Å²) in [4.78, 5) is 30.9. The molecule has 2 heterocycles. The lowest BCUT2D eigenvalue weighted by molar-refractivity contribution is -0.123. The van der Waals surface area contributed by atoms with Crippen LogP contribution in [0.15, 0.2) is 61.2 Å². The Kier molecular flexibility index (Phi) is 6.23. The highest BCUT2D eigenvalue weighted by Crippen LogP contribution is 2.19. The highest BCUT2D eigenvalue weighted by atomic mass is 16.5. The molecular weight excluding hydrogens is 398 g/mol. The van der Waals surface area contributed by atoms with Gasteiger partial charge in [0.1, 0.15) is 12.7 Å². The monoisotopic (exact) mass is 421 g/mol. The van der Waals surface area contributed by atoms with Crippen LogP contribution in [0.2, 0.25) is 0 Å². The molecule has 1 N–H and O–H groups in total. The number of hydrogen-bond donors (Lipinski definition) is 1. The van der Waals surface area contributed by atoms with Crippen LogP contribution in [0.3, 0.4) is 0 Å². The largest absolute Gasteiger partial charge is 0.449 e. The number of amides is 1. The molecule has 1 aliphatic rings. The van der Waals surface area contributed by atoms with Gasteiger partial charge in [-0.3, -0.25) is 4.79 Å². The van der Waals surface area contributed by atoms with Gasteiger partial charge in [0, 0.05) is 24.5 Å². The lowest BCUT2D eigenvalue weighted by Crippen LogP contribution is -2.36. The molecule has 9 nitrogen and oxygen atoms in total. The minimum absolute atomic E-state index is 0.346. The third-order valence-electron chi connectivity index (χ3n) is 4.95. The van der Waals surface area contributed by atoms with Crippen molar-refractivity contribution in [1.82, 2.24) is 14.8 Å². The molecule has 1 amide bonds. The van der Waals surface area contributed by atoms with Gasteiger partial charge in [0.25, 0.3) is 5.91 Å². The number of benzene rings is 2. The zero-order valence-corrected chi connectivity index (χ0v) is 17.1. The second kappa shape index (κ2) is 9.40. The van der Waals surface area contributed by atoms with Crippen molar-refractivity contribution >= 4 is 23.3 Å². The van der Waals surface area contributed by atoms with E-state index in [1.807, 2.05) is 24.3 Å². The Morgan fingerprint density at radius 2 is 1.71 bits per heavy atom. The van der Waals surface area contributed by atoms with Crippen LogP contribution in [0, 0.1) is 0 Å². The lowest BCUT2D eigenvalue weighted by Gasteiger charge is -2.28. The van der Waals surface area contributed by atoms with E-state index in [1.54, 1.807) is 42.2 Å². The van der Waals surface area contributed by atoms with Crippen molar-refractivity contribution in [1.29, 1.82) is 0 Å². The average Bonchev–Trinajstić information content (AvgIpc) is 3.35. The fourth-order valence-electron chi connectivity index (χ4n) is 3.19. The van der Waals surface area contributed by atoms with Gasteiger partial charge in [-0.15, -0.1) is 0 Å². The quantitative estimate of drug-likeness (QED) is 0.610. The van der Waals surface area contributed by atoms with E-state index in [1.165, 1.54) is 6.33 Å². The Balaban J connectivity index is 1.31. The molecule has 2 aromatic carbocycles. The van der Waals surface area contributed by atoms with E-state index >= 15 is 0 Å². The van der Waals surface area contributed by atoms with Crippen LogP contribution in [0.1, 0.15) is 17.3 Å². The number of carbonyl (C=O) groups excluding carboxylic acids is 2. The molecule has 9 heteroatoms. The van der Waals surface area contributed by atoms with Gasteiger partial charge in [-0.2, -0.15) is 5.10 Å². The Morgan fingerprint density at radius 3 is 2.35 bits per heavy atom. The van der Waals surface area contributed by atoms with E-state index < -0.39 is 18.0 Å². The predicted octanol–water partition coefficient (Wildman–Crippen LogP) is 2.29. The molecule has 4 rings (SSSR count). The number of anilines is 2. The average molecular weight is 421 g/mol. The van der Waals surface area contributed by atoms with Crippen molar-refractivity contribution in [2.75, 3.05) is 36.5 Å². The van der Waals surface area contributed by atoms with Crippen LogP contribution < -0.4 is 10.2 Å². The molecule has 1 aromatic heterocycles. The first-order chi connectivity index (χ1) is 15.1. The minimum Gasteiger partial charge on any atom is -0.449 e. The van der Waals surface area contributed by atoms with Gasteiger partial charge >= 0.3 is 5.97 Å². The fourth-order valence-corrected chi connectivity index (χ4v) is 3.19. The van der Waals surface area contributed by atoms with E-state index in [4.69, 9.17) is 9.47 Å². The Hall–Kier alpha value is -3.72. The molecule has 1 fully saturated rings. The number of nitrogens with zero attached hydrogens (tertiary/aromatic N) is 4. The first-order valence-corrected chi connectivity index (χ1v) is 10.00. The maximum Gasteiger partial charge on any atom is 0.338 e. The molecule has 1 atom stereocenters. The first-order valence-electron chi connectivity index (χ1n) is 10.00. The highest BCUT2D eigenvalue weighted by Gasteiger charge is 2.19. The van der Waals surface area contributed by atoms with E-state index in [2.05, 4.69) is 20.3 Å². The van der Waals surface area contributed by atoms with Crippen molar-refractivity contribution < 1.29 is 19.1 Å². The van der Waals surface area contributed by atoms with Crippen LogP contribution >= 0.6 is 0 Å². The van der Waals surface area contributed by atoms with Crippen molar-refractivity contribution in [2.24, 2.45) is 0 Å². The topological polar surface area (TPSA) is 98.6 Å². The third-order valence-corrected chi connectivity index (χ3v) is 4.95. The van der Waals surface area contributed by atoms with Crippen molar-refractivity contribution in [3.63, 3.8) is 0 Å². The fraction of sp³-hybridized carbons (Fsp3) is 0.273. The lowest BCUT2D eigenvalue weighted by atomic mass is 10.2. The van der Waals surface area contributed by atoms with E-state index in [0.717, 1.165) is 24.5 Å². The summed E-state index contributed by atoms with van der Waals surface area (Å²) in [5.41, 5.74) is 2.83. The summed E-state index contributed by atoms with van der Waals surface area (Å²) in [6.07, 6.45) is 2.05. The summed E-state index contributed by atoms with van der Waals surface area (Å²) in [7, 11) is 0. The molecule has 160 valence electrons. The van der Waals surface area contributed by atoms with Gasteiger partial charge in [0.05, 0.1) is 24.5 Å². The van der Waals surface area contributed by atoms with Crippen LogP contribution in [0.5, 0.6) is 0 Å². The number of rotatable bonds is 6. The molecule has 1 saturated heterocycles. The minimum atomic E-state index is -0.943. The van der Waals surface area contributed by atoms with Gasteiger partial charge < -0.3 is 19.7 Å². The number of nitrogens with one attached hydrogen (secondary N) is 1. The van der Waals surface area contributed by atoms with Crippen LogP contribution in [0.4, 0.5) is 11.4 Å². The Labute approximate surface area is 179 Å². The normalized spacial score (nSPS) is 14.7. The molecule has 0 bridgehead atoms. The summed E-state index contributed by atoms with van der Waals surface area (Å²) in [5.74, 6) is -0.970. The number of esters is 1. The number of morpholine rings is 1. The maximum atomic E-state index is 12.4. The van der Waals surface area contributed by atoms with Gasteiger partial charge in [0.2, 0.25) is 0 Å². The van der Waals surface area contributed by atoms with Gasteiger partial charge in [0.15, 0.2) is 6.10 Å². The number of aromatic nitrogens is 3. The SMILES string of the molecule is C[C@H](OC(=O)c1ccc(-n2cncn2)cc1)C(=O)Nc1ccc(N2CCOCC2)cc1. The smallest absolute Gasteiger partial charge is 0.338 e. The summed E-state index contributed by atoms with van der Waals surface area (Å²) < 4.78 is 12.3. The first kappa shape index (κ1) is 20.5. The van der Waals surface area contributed by atoms with Gasteiger partial charge in [-0.25, -0.2) is 14.5 Å². The molecule has 31 heavy (non-hydrogen) atoms. The van der Waals surface area contributed by atoms with E-state index in [9.17, 15) is 9.59 Å². The van der Waals surface area contributed by atoms with Crippen LogP contribution in [-0.4, -0.2) is 59.0 Å². The summed E-state index contributed by atoms with van der Waals surface area (Å²) >= 11 is 0. The molecule has 0 spiro atoms. The van der Waals surface area contributed by atoms with Gasteiger partial charge in [-0.05, 0) is 55.5 Å². The summed E-state index contributed by atoms with van der Waals surface area (Å²) in [6.45, 7) is 4.66. The van der Waals surface area contributed by atoms with Crippen molar-refractivity contribution in [3.8, 4) is 5.69 Å². The number of ether oxygens (including phenoxy) is 2. The van der Waals surface area contributed by atoms with Crippen molar-refractivity contribution in [3.05, 3.63) is 66.7 Å². The van der Waals surface area contributed by atoms with Crippen LogP contribution in [0.25, 0.3) is 5.69 Å². The predicted molar refractivity (Wildman–Crippen MR) is 114 cm³/mol. The second-order valence-electron chi connectivity index (χ2n) is 7.07. The molecule has 3 aromatic rings. The summed E-state index contributed by atoms with van der Waals surface area (Å²) in [5, 5.41) is 6.81. The molecule has 1 aliphatic heterocycles. The zero-order chi connectivity index (χ0) is 21.6. The zero-order valence-electron chi connectivity index (χ0n) is 17.1.